The van der Waals surface area contributed by atoms with Gasteiger partial charge in [-0.25, -0.2) is 18.4 Å². The van der Waals surface area contributed by atoms with Crippen LogP contribution in [0.25, 0.3) is 0 Å². The van der Waals surface area contributed by atoms with Gasteiger partial charge in [0.2, 0.25) is 0 Å². The first kappa shape index (κ1) is 16.0. The molecule has 2 amide bonds. The summed E-state index contributed by atoms with van der Waals surface area (Å²) in [6, 6.07) is 0.0113. The van der Waals surface area contributed by atoms with Gasteiger partial charge in [-0.05, 0) is 28.9 Å². The average molecular weight is 381 g/mol. The molecule has 1 aromatic rings. The molecule has 2 unspecified atom stereocenters. The van der Waals surface area contributed by atoms with Gasteiger partial charge in [-0.2, -0.15) is 0 Å². The minimum atomic E-state index is -1.12. The molecule has 1 aliphatic heterocycles. The van der Waals surface area contributed by atoms with E-state index in [1.165, 1.54) is 11.8 Å². The van der Waals surface area contributed by atoms with Gasteiger partial charge in [0, 0.05) is 11.8 Å². The molecule has 0 aromatic heterocycles. The summed E-state index contributed by atoms with van der Waals surface area (Å²) < 4.78 is 26.7. The smallest absolute Gasteiger partial charge is 0.327 e. The van der Waals surface area contributed by atoms with Crippen LogP contribution in [0.15, 0.2) is 16.6 Å². The fourth-order valence-corrected chi connectivity index (χ4v) is 3.45. The quantitative estimate of drug-likeness (QED) is 0.773. The molecule has 1 heterocycles. The van der Waals surface area contributed by atoms with E-state index in [1.54, 1.807) is 6.92 Å². The molecular weight excluding hydrogens is 370 g/mol. The number of nitrogens with one attached hydrogen (secondary N) is 1. The maximum atomic E-state index is 13.6. The van der Waals surface area contributed by atoms with E-state index in [-0.39, 0.29) is 21.3 Å². The molecule has 2 N–H and O–H groups in total. The third-order valence-corrected chi connectivity index (χ3v) is 4.82. The Hall–Kier alpha value is -1.35. The SMILES string of the molecule is CC1SCC(C(=O)O)N1C(=O)Nc1cc(Br)c(F)cc1F. The van der Waals surface area contributed by atoms with Crippen molar-refractivity contribution in [3.05, 3.63) is 28.2 Å². The Morgan fingerprint density at radius 1 is 1.43 bits per heavy atom. The lowest BCUT2D eigenvalue weighted by Gasteiger charge is -2.25. The van der Waals surface area contributed by atoms with Gasteiger partial charge in [-0.15, -0.1) is 11.8 Å². The van der Waals surface area contributed by atoms with Crippen LogP contribution in [0.5, 0.6) is 0 Å². The number of benzene rings is 1. The van der Waals surface area contributed by atoms with E-state index in [0.29, 0.717) is 6.07 Å². The average Bonchev–Trinajstić information content (AvgIpc) is 2.78. The van der Waals surface area contributed by atoms with Crippen molar-refractivity contribution in [1.82, 2.24) is 4.90 Å². The fourth-order valence-electron chi connectivity index (χ4n) is 1.94. The highest BCUT2D eigenvalue weighted by molar-refractivity contribution is 9.10. The second kappa shape index (κ2) is 6.18. The molecule has 0 saturated carbocycles. The number of aliphatic carboxylic acids is 1. The lowest BCUT2D eigenvalue weighted by atomic mass is 10.2. The standard InChI is InChI=1S/C12H11BrF2N2O3S/c1-5-17(10(4-21-5)11(18)19)12(20)16-9-2-6(13)7(14)3-8(9)15/h2-3,5,10H,4H2,1H3,(H,16,20)(H,18,19). The summed E-state index contributed by atoms with van der Waals surface area (Å²) in [5.74, 6) is -2.59. The first-order chi connectivity index (χ1) is 9.81. The second-order valence-electron chi connectivity index (χ2n) is 4.37. The molecule has 1 fully saturated rings. The Balaban J connectivity index is 2.21. The summed E-state index contributed by atoms with van der Waals surface area (Å²) in [4.78, 5) is 24.4. The number of anilines is 1. The maximum Gasteiger partial charge on any atom is 0.327 e. The van der Waals surface area contributed by atoms with Crippen LogP contribution >= 0.6 is 27.7 Å². The first-order valence-electron chi connectivity index (χ1n) is 5.89. The first-order valence-corrected chi connectivity index (χ1v) is 7.73. The van der Waals surface area contributed by atoms with E-state index in [0.717, 1.165) is 11.0 Å². The highest BCUT2D eigenvalue weighted by Crippen LogP contribution is 2.30. The van der Waals surface area contributed by atoms with E-state index in [4.69, 9.17) is 5.11 Å². The highest BCUT2D eigenvalue weighted by Gasteiger charge is 2.39. The van der Waals surface area contributed by atoms with Gasteiger partial charge in [-0.1, -0.05) is 0 Å². The number of urea groups is 1. The van der Waals surface area contributed by atoms with Crippen LogP contribution in [0.3, 0.4) is 0 Å². The Kier molecular flexibility index (Phi) is 4.72. The van der Waals surface area contributed by atoms with Crippen LogP contribution in [0.1, 0.15) is 6.92 Å². The monoisotopic (exact) mass is 380 g/mol. The van der Waals surface area contributed by atoms with Gasteiger partial charge in [0.1, 0.15) is 17.7 Å². The molecule has 9 heteroatoms. The van der Waals surface area contributed by atoms with Crippen molar-refractivity contribution in [2.24, 2.45) is 0 Å². The molecule has 5 nitrogen and oxygen atoms in total. The Morgan fingerprint density at radius 3 is 2.71 bits per heavy atom. The van der Waals surface area contributed by atoms with Crippen molar-refractivity contribution in [2.75, 3.05) is 11.1 Å². The van der Waals surface area contributed by atoms with E-state index in [2.05, 4.69) is 21.2 Å². The molecule has 0 spiro atoms. The topological polar surface area (TPSA) is 69.6 Å². The van der Waals surface area contributed by atoms with Gasteiger partial charge in [0.05, 0.1) is 15.5 Å². The summed E-state index contributed by atoms with van der Waals surface area (Å²) in [5.41, 5.74) is -0.221. The second-order valence-corrected chi connectivity index (χ2v) is 6.57. The summed E-state index contributed by atoms with van der Waals surface area (Å²) in [5, 5.41) is 11.0. The molecule has 0 bridgehead atoms. The Morgan fingerprint density at radius 2 is 2.10 bits per heavy atom. The van der Waals surface area contributed by atoms with Crippen molar-refractivity contribution >= 4 is 45.4 Å². The molecule has 0 aliphatic carbocycles. The van der Waals surface area contributed by atoms with Crippen LogP contribution in [-0.2, 0) is 4.79 Å². The van der Waals surface area contributed by atoms with Gasteiger partial charge in [0.15, 0.2) is 0 Å². The van der Waals surface area contributed by atoms with E-state index in [1.807, 2.05) is 0 Å². The summed E-state index contributed by atoms with van der Waals surface area (Å²) in [6.07, 6.45) is 0. The highest BCUT2D eigenvalue weighted by atomic mass is 79.9. The van der Waals surface area contributed by atoms with Crippen molar-refractivity contribution in [2.45, 2.75) is 18.3 Å². The maximum absolute atomic E-state index is 13.6. The van der Waals surface area contributed by atoms with Gasteiger partial charge < -0.3 is 10.4 Å². The molecule has 2 atom stereocenters. The van der Waals surface area contributed by atoms with E-state index in [9.17, 15) is 18.4 Å². The molecule has 0 radical (unpaired) electrons. The third-order valence-electron chi connectivity index (χ3n) is 2.99. The number of halogens is 3. The number of carbonyl (C=O) groups excluding carboxylic acids is 1. The number of hydrogen-bond donors (Lipinski definition) is 2. The summed E-state index contributed by atoms with van der Waals surface area (Å²) in [6.45, 7) is 1.68. The predicted molar refractivity (Wildman–Crippen MR) is 78.3 cm³/mol. The molecule has 1 aromatic carbocycles. The van der Waals surface area contributed by atoms with Gasteiger partial charge >= 0.3 is 12.0 Å². The largest absolute Gasteiger partial charge is 0.480 e. The zero-order chi connectivity index (χ0) is 15.7. The van der Waals surface area contributed by atoms with Crippen LogP contribution in [0, 0.1) is 11.6 Å². The number of amides is 2. The lowest BCUT2D eigenvalue weighted by Crippen LogP contribution is -2.46. The normalized spacial score (nSPS) is 21.4. The number of nitrogens with zero attached hydrogens (tertiary/aromatic N) is 1. The minimum Gasteiger partial charge on any atom is -0.480 e. The number of hydrogen-bond acceptors (Lipinski definition) is 3. The van der Waals surface area contributed by atoms with Crippen LogP contribution in [-0.4, -0.2) is 39.2 Å². The molecule has 1 aliphatic rings. The predicted octanol–water partition coefficient (Wildman–Crippen LogP) is 3.11. The zero-order valence-electron chi connectivity index (χ0n) is 10.8. The summed E-state index contributed by atoms with van der Waals surface area (Å²) >= 11 is 4.21. The molecule has 21 heavy (non-hydrogen) atoms. The minimum absolute atomic E-state index is 0.00201. The number of rotatable bonds is 2. The molecule has 1 saturated heterocycles. The number of carbonyl (C=O) groups is 2. The Labute approximate surface area is 131 Å². The number of thioether (sulfide) groups is 1. The number of carboxylic acid groups (broad SMARTS) is 1. The van der Waals surface area contributed by atoms with E-state index >= 15 is 0 Å². The number of carboxylic acids is 1. The van der Waals surface area contributed by atoms with Crippen molar-refractivity contribution in [3.63, 3.8) is 0 Å². The molecule has 2 rings (SSSR count). The Bertz CT molecular complexity index is 602. The zero-order valence-corrected chi connectivity index (χ0v) is 13.2. The molecular formula is C12H11BrF2N2O3S. The van der Waals surface area contributed by atoms with Crippen molar-refractivity contribution < 1.29 is 23.5 Å². The summed E-state index contributed by atoms with van der Waals surface area (Å²) in [7, 11) is 0. The molecule has 114 valence electrons. The van der Waals surface area contributed by atoms with E-state index < -0.39 is 29.7 Å². The van der Waals surface area contributed by atoms with Crippen LogP contribution < -0.4 is 5.32 Å². The van der Waals surface area contributed by atoms with Crippen LogP contribution in [0.2, 0.25) is 0 Å². The van der Waals surface area contributed by atoms with Gasteiger partial charge in [0.25, 0.3) is 0 Å². The van der Waals surface area contributed by atoms with Crippen molar-refractivity contribution in [3.8, 4) is 0 Å². The third kappa shape index (κ3) is 3.29. The fraction of sp³-hybridized carbons (Fsp3) is 0.333. The van der Waals surface area contributed by atoms with Crippen LogP contribution in [0.4, 0.5) is 19.3 Å². The van der Waals surface area contributed by atoms with Gasteiger partial charge in [-0.3, -0.25) is 4.90 Å². The van der Waals surface area contributed by atoms with Crippen molar-refractivity contribution in [1.29, 1.82) is 0 Å². The lowest BCUT2D eigenvalue weighted by molar-refractivity contribution is -0.141.